The van der Waals surface area contributed by atoms with Gasteiger partial charge in [0.15, 0.2) is 0 Å². The molecule has 12 heteroatoms. The van der Waals surface area contributed by atoms with Gasteiger partial charge in [-0.1, -0.05) is 66.4 Å². The molecule has 4 atom stereocenters. The number of rotatable bonds is 8. The van der Waals surface area contributed by atoms with Gasteiger partial charge in [0, 0.05) is 33.4 Å². The normalized spacial score (nSPS) is 22.5. The third kappa shape index (κ3) is 6.63. The fraction of sp³-hybridized carbons (Fsp3) is 0.367. The summed E-state index contributed by atoms with van der Waals surface area (Å²) in [6.07, 6.45) is 3.80. The molecule has 1 saturated carbocycles. The van der Waals surface area contributed by atoms with Gasteiger partial charge >= 0.3 is 0 Å². The second kappa shape index (κ2) is 12.7. The molecule has 2 aliphatic rings. The number of sulfonamides is 1. The van der Waals surface area contributed by atoms with Crippen molar-refractivity contribution in [2.45, 2.75) is 63.3 Å². The van der Waals surface area contributed by atoms with Gasteiger partial charge in [-0.05, 0) is 61.2 Å². The number of hydroxylamine groups is 1. The zero-order valence-electron chi connectivity index (χ0n) is 23.2. The zero-order chi connectivity index (χ0) is 30.0. The van der Waals surface area contributed by atoms with Crippen molar-refractivity contribution in [2.24, 2.45) is 0 Å². The monoisotopic (exact) mass is 630 g/mol. The first kappa shape index (κ1) is 30.4. The molecule has 0 saturated heterocycles. The van der Waals surface area contributed by atoms with Gasteiger partial charge < -0.3 is 4.90 Å². The molecule has 2 heterocycles. The minimum atomic E-state index is -3.58. The Bertz CT molecular complexity index is 1600. The standard InChI is InChI=1S/C30H32Cl2N4O5S/c1-18-8-7-9-20(33-18)17-41-34-29(37)27-21-10-3-4-11-22(21)30(38)36(28(27)23-15-14-19(31)16-24(23)32)26-13-6-5-12-25(26)35-42(2,39)40/h3-4,7-11,14-16,25-28,35H,5-6,12-13,17H2,1-2H3,(H,34,37)/t25-,26-,27+,28-/m0/s1. The average molecular weight is 632 g/mol. The lowest BCUT2D eigenvalue weighted by atomic mass is 9.76. The van der Waals surface area contributed by atoms with Crippen LogP contribution in [-0.2, 0) is 26.3 Å². The van der Waals surface area contributed by atoms with Crippen molar-refractivity contribution in [1.82, 2.24) is 20.1 Å². The van der Waals surface area contributed by atoms with Gasteiger partial charge in [0.2, 0.25) is 10.0 Å². The van der Waals surface area contributed by atoms with E-state index >= 15 is 0 Å². The molecule has 5 rings (SSSR count). The van der Waals surface area contributed by atoms with Crippen LogP contribution in [-0.4, -0.2) is 48.5 Å². The number of carbonyl (C=O) groups is 2. The van der Waals surface area contributed by atoms with E-state index in [-0.39, 0.29) is 17.5 Å². The first-order valence-electron chi connectivity index (χ1n) is 13.7. The van der Waals surface area contributed by atoms with Gasteiger partial charge in [-0.2, -0.15) is 0 Å². The number of aromatic nitrogens is 1. The van der Waals surface area contributed by atoms with E-state index in [0.29, 0.717) is 40.2 Å². The van der Waals surface area contributed by atoms with Crippen LogP contribution in [0, 0.1) is 6.92 Å². The maximum absolute atomic E-state index is 14.3. The molecule has 2 aromatic carbocycles. The Morgan fingerprint density at radius 3 is 2.55 bits per heavy atom. The Labute approximate surface area is 255 Å². The van der Waals surface area contributed by atoms with Crippen LogP contribution < -0.4 is 10.2 Å². The lowest BCUT2D eigenvalue weighted by Gasteiger charge is -2.49. The number of amides is 2. The molecule has 42 heavy (non-hydrogen) atoms. The van der Waals surface area contributed by atoms with Crippen LogP contribution >= 0.6 is 23.2 Å². The third-order valence-corrected chi connectivity index (χ3v) is 9.02. The molecule has 222 valence electrons. The number of fused-ring (bicyclic) bond motifs is 1. The number of pyridine rings is 1. The summed E-state index contributed by atoms with van der Waals surface area (Å²) in [5, 5.41) is 0.693. The highest BCUT2D eigenvalue weighted by molar-refractivity contribution is 7.88. The molecule has 0 radical (unpaired) electrons. The highest BCUT2D eigenvalue weighted by Crippen LogP contribution is 2.47. The second-order valence-electron chi connectivity index (χ2n) is 10.8. The van der Waals surface area contributed by atoms with Crippen molar-refractivity contribution in [1.29, 1.82) is 0 Å². The lowest BCUT2D eigenvalue weighted by molar-refractivity contribution is -0.138. The number of hydrogen-bond donors (Lipinski definition) is 2. The topological polar surface area (TPSA) is 118 Å². The van der Waals surface area contributed by atoms with Gasteiger partial charge in [-0.3, -0.25) is 19.4 Å². The van der Waals surface area contributed by atoms with Crippen LogP contribution in [0.2, 0.25) is 10.0 Å². The summed E-state index contributed by atoms with van der Waals surface area (Å²) in [5.74, 6) is -1.71. The molecule has 2 amide bonds. The van der Waals surface area contributed by atoms with Crippen LogP contribution in [0.1, 0.15) is 70.5 Å². The fourth-order valence-electron chi connectivity index (χ4n) is 6.05. The molecule has 1 fully saturated rings. The Morgan fingerprint density at radius 2 is 1.81 bits per heavy atom. The minimum absolute atomic E-state index is 0.0414. The number of benzene rings is 2. The van der Waals surface area contributed by atoms with E-state index in [4.69, 9.17) is 28.0 Å². The van der Waals surface area contributed by atoms with Crippen LogP contribution in [0.5, 0.6) is 0 Å². The van der Waals surface area contributed by atoms with Crippen LogP contribution in [0.4, 0.5) is 0 Å². The van der Waals surface area contributed by atoms with Gasteiger partial charge in [0.05, 0.1) is 23.9 Å². The average Bonchev–Trinajstić information content (AvgIpc) is 2.93. The Morgan fingerprint density at radius 1 is 1.05 bits per heavy atom. The van der Waals surface area contributed by atoms with E-state index in [1.807, 2.05) is 19.1 Å². The maximum atomic E-state index is 14.3. The van der Waals surface area contributed by atoms with E-state index in [9.17, 15) is 18.0 Å². The lowest BCUT2D eigenvalue weighted by Crippen LogP contribution is -2.59. The maximum Gasteiger partial charge on any atom is 0.255 e. The van der Waals surface area contributed by atoms with Crippen molar-refractivity contribution in [2.75, 3.05) is 6.26 Å². The van der Waals surface area contributed by atoms with Gasteiger partial charge in [0.25, 0.3) is 11.8 Å². The molecule has 2 N–H and O–H groups in total. The summed E-state index contributed by atoms with van der Waals surface area (Å²) in [4.78, 5) is 40.0. The Balaban J connectivity index is 1.59. The Kier molecular flexibility index (Phi) is 9.20. The van der Waals surface area contributed by atoms with E-state index in [1.54, 1.807) is 53.4 Å². The summed E-state index contributed by atoms with van der Waals surface area (Å²) in [6, 6.07) is 15.5. The van der Waals surface area contributed by atoms with Gasteiger partial charge in [-0.25, -0.2) is 18.6 Å². The van der Waals surface area contributed by atoms with E-state index in [2.05, 4.69) is 15.2 Å². The molecule has 0 bridgehead atoms. The minimum Gasteiger partial charge on any atom is -0.326 e. The van der Waals surface area contributed by atoms with Crippen molar-refractivity contribution in [3.8, 4) is 0 Å². The summed E-state index contributed by atoms with van der Waals surface area (Å²) in [5.41, 5.74) is 5.45. The smallest absolute Gasteiger partial charge is 0.255 e. The van der Waals surface area contributed by atoms with Crippen molar-refractivity contribution >= 4 is 45.0 Å². The highest BCUT2D eigenvalue weighted by Gasteiger charge is 2.49. The predicted octanol–water partition coefficient (Wildman–Crippen LogP) is 5.09. The van der Waals surface area contributed by atoms with Crippen LogP contribution in [0.3, 0.4) is 0 Å². The number of carbonyl (C=O) groups excluding carboxylic acids is 2. The summed E-state index contributed by atoms with van der Waals surface area (Å²) in [6.45, 7) is 1.91. The largest absolute Gasteiger partial charge is 0.326 e. The van der Waals surface area contributed by atoms with Gasteiger partial charge in [0.1, 0.15) is 6.61 Å². The van der Waals surface area contributed by atoms with E-state index in [0.717, 1.165) is 24.8 Å². The van der Waals surface area contributed by atoms with Crippen molar-refractivity contribution in [3.05, 3.63) is 98.8 Å². The second-order valence-corrected chi connectivity index (χ2v) is 13.4. The number of nitrogens with zero attached hydrogens (tertiary/aromatic N) is 2. The molecular weight excluding hydrogens is 599 g/mol. The van der Waals surface area contributed by atoms with Crippen molar-refractivity contribution in [3.63, 3.8) is 0 Å². The van der Waals surface area contributed by atoms with Crippen molar-refractivity contribution < 1.29 is 22.8 Å². The molecule has 9 nitrogen and oxygen atoms in total. The van der Waals surface area contributed by atoms with E-state index < -0.39 is 40.0 Å². The third-order valence-electron chi connectivity index (χ3n) is 7.73. The molecule has 1 aliphatic heterocycles. The Hall–Kier alpha value is -3.02. The predicted molar refractivity (Wildman–Crippen MR) is 160 cm³/mol. The van der Waals surface area contributed by atoms with E-state index in [1.165, 1.54) is 0 Å². The summed E-state index contributed by atoms with van der Waals surface area (Å²) < 4.78 is 27.4. The quantitative estimate of drug-likeness (QED) is 0.335. The first-order valence-corrected chi connectivity index (χ1v) is 16.4. The molecule has 0 spiro atoms. The van der Waals surface area contributed by atoms with Crippen LogP contribution in [0.15, 0.2) is 60.7 Å². The molecular formula is C30H32Cl2N4O5S. The zero-order valence-corrected chi connectivity index (χ0v) is 25.5. The summed E-state index contributed by atoms with van der Waals surface area (Å²) in [7, 11) is -3.58. The van der Waals surface area contributed by atoms with Crippen LogP contribution in [0.25, 0.3) is 0 Å². The SMILES string of the molecule is Cc1cccc(CONC(=O)[C@@H]2c3ccccc3C(=O)N([C@H]3CCCC[C@@H]3NS(C)(=O)=O)[C@H]2c2ccc(Cl)cc2Cl)n1. The number of aryl methyl sites for hydroxylation is 1. The fourth-order valence-corrected chi connectivity index (χ4v) is 7.40. The molecule has 3 aromatic rings. The number of hydrogen-bond acceptors (Lipinski definition) is 6. The first-order chi connectivity index (χ1) is 20.0. The summed E-state index contributed by atoms with van der Waals surface area (Å²) >= 11 is 13.0. The molecule has 1 aliphatic carbocycles. The number of halogens is 2. The number of nitrogens with one attached hydrogen (secondary N) is 2. The molecule has 0 unspecified atom stereocenters. The highest BCUT2D eigenvalue weighted by atomic mass is 35.5. The van der Waals surface area contributed by atoms with Gasteiger partial charge in [-0.15, -0.1) is 0 Å². The molecule has 1 aromatic heterocycles.